The van der Waals surface area contributed by atoms with Crippen molar-refractivity contribution in [1.82, 2.24) is 15.3 Å². The number of anilines is 3. The second-order valence-electron chi connectivity index (χ2n) is 6.97. The van der Waals surface area contributed by atoms with E-state index < -0.39 is 18.4 Å². The molecular weight excluding hydrogens is 502 g/mol. The molecule has 13 nitrogen and oxygen atoms in total. The van der Waals surface area contributed by atoms with Gasteiger partial charge in [0.1, 0.15) is 18.7 Å². The Morgan fingerprint density at radius 3 is 2.05 bits per heavy atom. The first-order valence-corrected chi connectivity index (χ1v) is 12.3. The molecule has 9 N–H and O–H groups in total. The van der Waals surface area contributed by atoms with Crippen LogP contribution in [0.5, 0.6) is 0 Å². The molecule has 0 bridgehead atoms. The topological polar surface area (TPSA) is 209 Å². The van der Waals surface area contributed by atoms with E-state index in [1.54, 1.807) is 25.1 Å². The van der Waals surface area contributed by atoms with Gasteiger partial charge in [0.05, 0.1) is 6.10 Å². The van der Waals surface area contributed by atoms with Gasteiger partial charge in [-0.15, -0.1) is 0 Å². The van der Waals surface area contributed by atoms with Gasteiger partial charge in [0.2, 0.25) is 6.41 Å². The number of aliphatic hydroxyl groups is 2. The number of benzene rings is 1. The molecule has 2 aromatic rings. The molecule has 0 aliphatic heterocycles. The molecule has 0 saturated heterocycles. The number of aromatic nitrogens is 2. The van der Waals surface area contributed by atoms with Crippen LogP contribution in [-0.2, 0) is 9.53 Å². The maximum atomic E-state index is 11.6. The van der Waals surface area contributed by atoms with Crippen molar-refractivity contribution in [2.45, 2.75) is 45.6 Å². The Labute approximate surface area is 223 Å². The highest BCUT2D eigenvalue weighted by molar-refractivity contribution is 7.79. The predicted octanol–water partition coefficient (Wildman–Crippen LogP) is 1.70. The molecule has 1 aromatic carbocycles. The largest absolute Gasteiger partial charge is 0.481 e. The fourth-order valence-corrected chi connectivity index (χ4v) is 2.46. The van der Waals surface area contributed by atoms with Crippen molar-refractivity contribution >= 4 is 42.0 Å². The standard InChI is InChI=1S/C15H26N6O4.C6H6.CH5NO2.CH4S/c1-4-10(6-7-11(22)23)25-9-21(3)14-12(16)13(18-8-19-14)20-15(24)17-5-2;1-2-4-6-5-3-1;2-1(3)4;1-2/h8,10H,4-7,9,16H2,1-3H3,(H,22,23)(H2,17,18,19,20,24);1-6H;1,3-4H,2H2;2H,1H3. The zero-order chi connectivity index (χ0) is 28.6. The molecule has 14 heteroatoms. The van der Waals surface area contributed by atoms with Crippen LogP contribution >= 0.6 is 12.6 Å². The number of nitrogen functional groups attached to an aromatic ring is 1. The normalized spacial score (nSPS) is 10.3. The van der Waals surface area contributed by atoms with Crippen molar-refractivity contribution in [1.29, 1.82) is 0 Å². The van der Waals surface area contributed by atoms with E-state index in [0.717, 1.165) is 0 Å². The number of rotatable bonds is 10. The lowest BCUT2D eigenvalue weighted by Gasteiger charge is -2.23. The van der Waals surface area contributed by atoms with Crippen molar-refractivity contribution in [3.63, 3.8) is 0 Å². The van der Waals surface area contributed by atoms with Crippen LogP contribution in [0.1, 0.15) is 33.1 Å². The third-order valence-electron chi connectivity index (χ3n) is 4.10. The predicted molar refractivity (Wildman–Crippen MR) is 148 cm³/mol. The number of carbonyl (C=O) groups excluding carboxylic acids is 1. The number of nitrogens with one attached hydrogen (secondary N) is 2. The van der Waals surface area contributed by atoms with Gasteiger partial charge in [-0.05, 0) is 26.0 Å². The van der Waals surface area contributed by atoms with Gasteiger partial charge >= 0.3 is 12.0 Å². The molecule has 1 aromatic heterocycles. The molecule has 210 valence electrons. The number of aliphatic carboxylic acids is 1. The van der Waals surface area contributed by atoms with Gasteiger partial charge in [-0.25, -0.2) is 14.8 Å². The van der Waals surface area contributed by atoms with E-state index in [-0.39, 0.29) is 30.8 Å². The number of carboxylic acid groups (broad SMARTS) is 1. The zero-order valence-electron chi connectivity index (χ0n) is 21.7. The first kappa shape index (κ1) is 36.0. The number of nitrogens with zero attached hydrogens (tertiary/aromatic N) is 3. The summed E-state index contributed by atoms with van der Waals surface area (Å²) in [7, 11) is 1.73. The SMILES string of the molecule is CCNC(=O)Nc1ncnc(N(C)COC(CC)CCC(=O)O)c1N.CS.NC(O)O.c1ccccc1. The fourth-order valence-electron chi connectivity index (χ4n) is 2.46. The van der Waals surface area contributed by atoms with Crippen LogP contribution in [-0.4, -0.2) is 76.4 Å². The monoisotopic (exact) mass is 543 g/mol. The number of aliphatic hydroxyl groups excluding tert-OH is 1. The molecule has 0 saturated carbocycles. The Hall–Kier alpha value is -3.17. The summed E-state index contributed by atoms with van der Waals surface area (Å²) in [5.74, 6) is -0.230. The number of urea groups is 1. The number of hydrogen-bond donors (Lipinski definition) is 8. The first-order chi connectivity index (χ1) is 17.6. The summed E-state index contributed by atoms with van der Waals surface area (Å²) in [6.45, 7) is 4.39. The molecule has 2 rings (SSSR count). The second kappa shape index (κ2) is 23.2. The lowest BCUT2D eigenvalue weighted by atomic mass is 10.1. The molecule has 1 heterocycles. The Balaban J connectivity index is 0. The molecule has 0 radical (unpaired) electrons. The lowest BCUT2D eigenvalue weighted by molar-refractivity contribution is -0.137. The van der Waals surface area contributed by atoms with Crippen LogP contribution in [0.25, 0.3) is 0 Å². The van der Waals surface area contributed by atoms with Crippen LogP contribution < -0.4 is 27.0 Å². The molecule has 1 atom stereocenters. The van der Waals surface area contributed by atoms with Crippen LogP contribution in [0.3, 0.4) is 0 Å². The van der Waals surface area contributed by atoms with Gasteiger partial charge in [0.15, 0.2) is 11.6 Å². The van der Waals surface area contributed by atoms with E-state index in [1.165, 1.54) is 6.33 Å². The third kappa shape index (κ3) is 19.7. The maximum absolute atomic E-state index is 11.6. The summed E-state index contributed by atoms with van der Waals surface area (Å²) in [5.41, 5.74) is 10.5. The average molecular weight is 544 g/mol. The van der Waals surface area contributed by atoms with E-state index in [4.69, 9.17) is 25.8 Å². The van der Waals surface area contributed by atoms with Gasteiger partial charge in [0, 0.05) is 20.0 Å². The highest BCUT2D eigenvalue weighted by Gasteiger charge is 2.16. The highest BCUT2D eigenvalue weighted by Crippen LogP contribution is 2.25. The van der Waals surface area contributed by atoms with Gasteiger partial charge in [0.25, 0.3) is 0 Å². The lowest BCUT2D eigenvalue weighted by Crippen LogP contribution is -2.30. The minimum atomic E-state index is -1.67. The van der Waals surface area contributed by atoms with Crippen molar-refractivity contribution in [2.75, 3.05) is 42.5 Å². The zero-order valence-corrected chi connectivity index (χ0v) is 22.6. The summed E-state index contributed by atoms with van der Waals surface area (Å²) in [5, 5.41) is 28.7. The Bertz CT molecular complexity index is 820. The van der Waals surface area contributed by atoms with E-state index in [1.807, 2.05) is 43.3 Å². The quantitative estimate of drug-likeness (QED) is 0.160. The average Bonchev–Trinajstić information content (AvgIpc) is 2.87. The smallest absolute Gasteiger partial charge is 0.320 e. The van der Waals surface area contributed by atoms with Gasteiger partial charge < -0.3 is 36.0 Å². The molecule has 0 aliphatic rings. The number of thiol groups is 1. The van der Waals surface area contributed by atoms with Gasteiger partial charge in [-0.1, -0.05) is 43.3 Å². The number of carboxylic acids is 1. The van der Waals surface area contributed by atoms with Crippen molar-refractivity contribution in [3.8, 4) is 0 Å². The highest BCUT2D eigenvalue weighted by atomic mass is 32.1. The molecule has 0 aliphatic carbocycles. The minimum absolute atomic E-state index is 0.0540. The minimum Gasteiger partial charge on any atom is -0.481 e. The summed E-state index contributed by atoms with van der Waals surface area (Å²) in [4.78, 5) is 32.0. The van der Waals surface area contributed by atoms with E-state index >= 15 is 0 Å². The van der Waals surface area contributed by atoms with Crippen molar-refractivity contribution in [3.05, 3.63) is 42.7 Å². The summed E-state index contributed by atoms with van der Waals surface area (Å²) < 4.78 is 5.72. The Morgan fingerprint density at radius 1 is 1.11 bits per heavy atom. The van der Waals surface area contributed by atoms with E-state index in [9.17, 15) is 9.59 Å². The number of carbonyl (C=O) groups is 2. The number of amides is 2. The first-order valence-electron chi connectivity index (χ1n) is 11.4. The maximum Gasteiger partial charge on any atom is 0.320 e. The van der Waals surface area contributed by atoms with Crippen molar-refractivity contribution in [2.24, 2.45) is 5.73 Å². The van der Waals surface area contributed by atoms with Crippen LogP contribution in [0.2, 0.25) is 0 Å². The number of ether oxygens (including phenoxy) is 1. The number of nitrogens with two attached hydrogens (primary N) is 2. The Kier molecular flexibility index (Phi) is 22.6. The van der Waals surface area contributed by atoms with Gasteiger partial charge in [-0.2, -0.15) is 12.6 Å². The third-order valence-corrected chi connectivity index (χ3v) is 4.10. The fraction of sp³-hybridized carbons (Fsp3) is 0.478. The van der Waals surface area contributed by atoms with Gasteiger partial charge in [-0.3, -0.25) is 15.8 Å². The van der Waals surface area contributed by atoms with Crippen molar-refractivity contribution < 1.29 is 29.6 Å². The van der Waals surface area contributed by atoms with E-state index in [2.05, 4.69) is 39.0 Å². The second-order valence-corrected chi connectivity index (χ2v) is 6.97. The van der Waals surface area contributed by atoms with Crippen LogP contribution in [0, 0.1) is 0 Å². The molecule has 2 amide bonds. The molecule has 0 fully saturated rings. The summed E-state index contributed by atoms with van der Waals surface area (Å²) in [6, 6.07) is 11.6. The molecular formula is C23H41N7O6S. The number of hydrogen-bond acceptors (Lipinski definition) is 11. The summed E-state index contributed by atoms with van der Waals surface area (Å²) >= 11 is 3.53. The molecule has 0 spiro atoms. The molecule has 37 heavy (non-hydrogen) atoms. The Morgan fingerprint density at radius 2 is 1.62 bits per heavy atom. The van der Waals surface area contributed by atoms with Crippen LogP contribution in [0.4, 0.5) is 22.1 Å². The van der Waals surface area contributed by atoms with E-state index in [0.29, 0.717) is 25.2 Å². The summed E-state index contributed by atoms with van der Waals surface area (Å²) in [6.07, 6.45) is 2.34. The molecule has 1 unspecified atom stereocenters. The van der Waals surface area contributed by atoms with Crippen LogP contribution in [0.15, 0.2) is 42.7 Å².